The maximum Gasteiger partial charge on any atom is 0.240 e. The van der Waals surface area contributed by atoms with Gasteiger partial charge in [-0.3, -0.25) is 9.80 Å². The molecule has 106 valence electrons. The average Bonchev–Trinajstić information content (AvgIpc) is 2.83. The minimum absolute atomic E-state index is 0.626. The number of aryl methyl sites for hydroxylation is 1. The number of aromatic nitrogens is 2. The summed E-state index contributed by atoms with van der Waals surface area (Å²) < 4.78 is 5.28. The molecule has 2 atom stereocenters. The first-order valence-corrected chi connectivity index (χ1v) is 7.53. The molecule has 2 aliphatic rings. The lowest BCUT2D eigenvalue weighted by atomic mass is 9.96. The second kappa shape index (κ2) is 5.59. The molecule has 1 aromatic rings. The van der Waals surface area contributed by atoms with E-state index in [0.29, 0.717) is 6.04 Å². The Morgan fingerprint density at radius 2 is 2.21 bits per heavy atom. The van der Waals surface area contributed by atoms with Gasteiger partial charge in [0.2, 0.25) is 5.89 Å². The molecule has 0 amide bonds. The van der Waals surface area contributed by atoms with Crippen molar-refractivity contribution in [2.75, 3.05) is 19.6 Å². The zero-order valence-electron chi connectivity index (χ0n) is 12.0. The molecule has 0 aromatic carbocycles. The van der Waals surface area contributed by atoms with Crippen molar-refractivity contribution < 1.29 is 4.52 Å². The van der Waals surface area contributed by atoms with Gasteiger partial charge in [-0.05, 0) is 32.7 Å². The highest BCUT2D eigenvalue weighted by atomic mass is 16.5. The van der Waals surface area contributed by atoms with Crippen LogP contribution in [0.4, 0.5) is 0 Å². The lowest BCUT2D eigenvalue weighted by molar-refractivity contribution is -0.00126. The van der Waals surface area contributed by atoms with Crippen molar-refractivity contribution in [1.82, 2.24) is 19.9 Å². The van der Waals surface area contributed by atoms with E-state index in [9.17, 15) is 0 Å². The molecule has 2 unspecified atom stereocenters. The van der Waals surface area contributed by atoms with Gasteiger partial charge in [0, 0.05) is 25.2 Å². The molecule has 3 heterocycles. The van der Waals surface area contributed by atoms with Crippen molar-refractivity contribution >= 4 is 0 Å². The van der Waals surface area contributed by atoms with Crippen molar-refractivity contribution in [3.8, 4) is 0 Å². The number of piperazine rings is 1. The topological polar surface area (TPSA) is 45.4 Å². The standard InChI is InChI=1S/C14H24N4O/c1-3-12-8-17-7-5-4-6-13(17)9-18(12)10-14-15-11(2)16-19-14/h12-13H,3-10H2,1-2H3. The minimum Gasteiger partial charge on any atom is -0.338 e. The van der Waals surface area contributed by atoms with Crippen LogP contribution in [0.3, 0.4) is 0 Å². The number of hydrogen-bond donors (Lipinski definition) is 0. The molecule has 0 aliphatic carbocycles. The fourth-order valence-corrected chi connectivity index (χ4v) is 3.47. The molecule has 0 N–H and O–H groups in total. The first-order valence-electron chi connectivity index (χ1n) is 7.53. The number of hydrogen-bond acceptors (Lipinski definition) is 5. The maximum absolute atomic E-state index is 5.28. The van der Waals surface area contributed by atoms with Crippen LogP contribution in [0.1, 0.15) is 44.3 Å². The predicted octanol–water partition coefficient (Wildman–Crippen LogP) is 1.83. The SMILES string of the molecule is CCC1CN2CCCCC2CN1Cc1nc(C)no1. The van der Waals surface area contributed by atoms with Gasteiger partial charge in [0.05, 0.1) is 6.54 Å². The third kappa shape index (κ3) is 2.82. The van der Waals surface area contributed by atoms with E-state index in [1.165, 1.54) is 38.8 Å². The van der Waals surface area contributed by atoms with Gasteiger partial charge in [-0.15, -0.1) is 0 Å². The summed E-state index contributed by atoms with van der Waals surface area (Å²) in [5.74, 6) is 1.50. The van der Waals surface area contributed by atoms with Crippen molar-refractivity contribution in [3.05, 3.63) is 11.7 Å². The fourth-order valence-electron chi connectivity index (χ4n) is 3.47. The van der Waals surface area contributed by atoms with E-state index in [4.69, 9.17) is 4.52 Å². The second-order valence-corrected chi connectivity index (χ2v) is 5.87. The van der Waals surface area contributed by atoms with E-state index in [-0.39, 0.29) is 0 Å². The van der Waals surface area contributed by atoms with Gasteiger partial charge >= 0.3 is 0 Å². The van der Waals surface area contributed by atoms with Gasteiger partial charge < -0.3 is 4.52 Å². The molecule has 19 heavy (non-hydrogen) atoms. The van der Waals surface area contributed by atoms with Crippen LogP contribution >= 0.6 is 0 Å². The molecule has 5 nitrogen and oxygen atoms in total. The van der Waals surface area contributed by atoms with E-state index < -0.39 is 0 Å². The maximum atomic E-state index is 5.28. The van der Waals surface area contributed by atoms with Crippen LogP contribution in [0.15, 0.2) is 4.52 Å². The molecule has 3 rings (SSSR count). The summed E-state index contributed by atoms with van der Waals surface area (Å²) in [5, 5.41) is 3.89. The fraction of sp³-hybridized carbons (Fsp3) is 0.857. The molecule has 1 aromatic heterocycles. The minimum atomic E-state index is 0.626. The largest absolute Gasteiger partial charge is 0.338 e. The third-order valence-corrected chi connectivity index (χ3v) is 4.54. The van der Waals surface area contributed by atoms with Gasteiger partial charge in [-0.1, -0.05) is 18.5 Å². The van der Waals surface area contributed by atoms with E-state index in [1.807, 2.05) is 6.92 Å². The average molecular weight is 264 g/mol. The molecule has 0 spiro atoms. The Bertz CT molecular complexity index is 419. The Morgan fingerprint density at radius 1 is 1.32 bits per heavy atom. The molecule has 2 aliphatic heterocycles. The first kappa shape index (κ1) is 13.1. The summed E-state index contributed by atoms with van der Waals surface area (Å²) in [5.41, 5.74) is 0. The zero-order chi connectivity index (χ0) is 13.2. The quantitative estimate of drug-likeness (QED) is 0.833. The van der Waals surface area contributed by atoms with Gasteiger partial charge in [-0.25, -0.2) is 0 Å². The predicted molar refractivity (Wildman–Crippen MR) is 72.7 cm³/mol. The number of rotatable bonds is 3. The highest BCUT2D eigenvalue weighted by molar-refractivity contribution is 4.92. The molecule has 2 saturated heterocycles. The van der Waals surface area contributed by atoms with Crippen molar-refractivity contribution in [3.63, 3.8) is 0 Å². The molecule has 0 radical (unpaired) electrons. The van der Waals surface area contributed by atoms with Crippen LogP contribution in [0.2, 0.25) is 0 Å². The summed E-state index contributed by atoms with van der Waals surface area (Å²) in [6.45, 7) is 8.61. The number of fused-ring (bicyclic) bond motifs is 1. The van der Waals surface area contributed by atoms with E-state index >= 15 is 0 Å². The Morgan fingerprint density at radius 3 is 2.95 bits per heavy atom. The van der Waals surface area contributed by atoms with Gasteiger partial charge in [0.15, 0.2) is 5.82 Å². The Kier molecular flexibility index (Phi) is 3.84. The van der Waals surface area contributed by atoms with Crippen molar-refractivity contribution in [1.29, 1.82) is 0 Å². The van der Waals surface area contributed by atoms with Crippen LogP contribution in [0, 0.1) is 6.92 Å². The van der Waals surface area contributed by atoms with Gasteiger partial charge in [0.1, 0.15) is 0 Å². The summed E-state index contributed by atoms with van der Waals surface area (Å²) in [7, 11) is 0. The summed E-state index contributed by atoms with van der Waals surface area (Å²) in [6.07, 6.45) is 5.29. The number of piperidine rings is 1. The summed E-state index contributed by atoms with van der Waals surface area (Å²) in [6, 6.07) is 1.36. The lowest BCUT2D eigenvalue weighted by Gasteiger charge is -2.48. The number of nitrogens with zero attached hydrogens (tertiary/aromatic N) is 4. The van der Waals surface area contributed by atoms with Crippen LogP contribution in [0.5, 0.6) is 0 Å². The monoisotopic (exact) mass is 264 g/mol. The van der Waals surface area contributed by atoms with Crippen LogP contribution in [-0.2, 0) is 6.54 Å². The first-order chi connectivity index (χ1) is 9.26. The molecule has 5 heteroatoms. The van der Waals surface area contributed by atoms with Crippen LogP contribution in [-0.4, -0.2) is 51.7 Å². The smallest absolute Gasteiger partial charge is 0.240 e. The Hall–Kier alpha value is -0.940. The van der Waals surface area contributed by atoms with E-state index in [1.54, 1.807) is 0 Å². The summed E-state index contributed by atoms with van der Waals surface area (Å²) in [4.78, 5) is 9.57. The molecular formula is C14H24N4O. The zero-order valence-corrected chi connectivity index (χ0v) is 12.0. The highest BCUT2D eigenvalue weighted by Gasteiger charge is 2.34. The van der Waals surface area contributed by atoms with E-state index in [2.05, 4.69) is 26.9 Å². The highest BCUT2D eigenvalue weighted by Crippen LogP contribution is 2.26. The van der Waals surface area contributed by atoms with Crippen molar-refractivity contribution in [2.45, 2.75) is 58.2 Å². The Balaban J connectivity index is 1.68. The molecule has 2 fully saturated rings. The van der Waals surface area contributed by atoms with E-state index in [0.717, 1.165) is 30.8 Å². The van der Waals surface area contributed by atoms with Gasteiger partial charge in [-0.2, -0.15) is 4.98 Å². The molecule has 0 bridgehead atoms. The van der Waals surface area contributed by atoms with Crippen LogP contribution in [0.25, 0.3) is 0 Å². The molecular weight excluding hydrogens is 240 g/mol. The van der Waals surface area contributed by atoms with Crippen LogP contribution < -0.4 is 0 Å². The third-order valence-electron chi connectivity index (χ3n) is 4.54. The molecule has 0 saturated carbocycles. The summed E-state index contributed by atoms with van der Waals surface area (Å²) >= 11 is 0. The van der Waals surface area contributed by atoms with Gasteiger partial charge in [0.25, 0.3) is 0 Å². The second-order valence-electron chi connectivity index (χ2n) is 5.87. The lowest BCUT2D eigenvalue weighted by Crippen LogP contribution is -2.58. The van der Waals surface area contributed by atoms with Crippen molar-refractivity contribution in [2.24, 2.45) is 0 Å². The normalized spacial score (nSPS) is 29.4. The Labute approximate surface area is 115 Å².